The van der Waals surface area contributed by atoms with Crippen LogP contribution < -0.4 is 10.6 Å². The first-order chi connectivity index (χ1) is 13.2. The molecule has 5 nitrogen and oxygen atoms in total. The second-order valence-electron chi connectivity index (χ2n) is 7.07. The van der Waals surface area contributed by atoms with Gasteiger partial charge in [-0.25, -0.2) is 0 Å². The van der Waals surface area contributed by atoms with Crippen LogP contribution in [-0.2, 0) is 12.8 Å². The maximum Gasteiger partial charge on any atom is 0.191 e. The van der Waals surface area contributed by atoms with Crippen molar-refractivity contribution in [2.75, 3.05) is 26.2 Å². The molecule has 4 N–H and O–H groups in total. The molecule has 1 aromatic carbocycles. The molecule has 0 radical (unpaired) electrons. The number of guanidine groups is 1. The quantitative estimate of drug-likeness (QED) is 0.359. The molecule has 1 aromatic heterocycles. The topological polar surface area (TPSA) is 72.4 Å². The number of rotatable bonds is 11. The Bertz CT molecular complexity index is 701. The summed E-state index contributed by atoms with van der Waals surface area (Å²) >= 11 is 0. The van der Waals surface area contributed by atoms with Gasteiger partial charge < -0.3 is 20.7 Å². The summed E-state index contributed by atoms with van der Waals surface area (Å²) in [5, 5.41) is 17.3. The molecule has 27 heavy (non-hydrogen) atoms. The minimum Gasteiger partial charge on any atom is -0.396 e. The highest BCUT2D eigenvalue weighted by molar-refractivity contribution is 5.86. The number of hydrogen-bond acceptors (Lipinski definition) is 2. The summed E-state index contributed by atoms with van der Waals surface area (Å²) in [5.41, 5.74) is 3.97. The van der Waals surface area contributed by atoms with Crippen molar-refractivity contribution in [2.24, 2.45) is 10.9 Å². The van der Waals surface area contributed by atoms with E-state index in [-0.39, 0.29) is 6.61 Å². The minimum atomic E-state index is 0.241. The Labute approximate surface area is 163 Å². The van der Waals surface area contributed by atoms with Crippen LogP contribution in [0.2, 0.25) is 0 Å². The molecule has 0 aliphatic carbocycles. The third-order valence-electron chi connectivity index (χ3n) is 5.04. The van der Waals surface area contributed by atoms with Gasteiger partial charge in [0.2, 0.25) is 0 Å². The normalized spacial score (nSPS) is 13.1. The fraction of sp³-hybridized carbons (Fsp3) is 0.591. The second-order valence-corrected chi connectivity index (χ2v) is 7.07. The molecule has 1 heterocycles. The first-order valence-corrected chi connectivity index (χ1v) is 10.4. The van der Waals surface area contributed by atoms with Crippen LogP contribution in [-0.4, -0.2) is 42.3 Å². The Morgan fingerprint density at radius 1 is 1.15 bits per heavy atom. The molecule has 0 spiro atoms. The lowest BCUT2D eigenvalue weighted by atomic mass is 10.0. The van der Waals surface area contributed by atoms with Crippen molar-refractivity contribution in [1.82, 2.24) is 15.6 Å². The Morgan fingerprint density at radius 2 is 2.00 bits per heavy atom. The molecule has 0 amide bonds. The number of para-hydroxylation sites is 1. The standard InChI is InChI=1S/C22H36N4O/c1-4-8-17(12-14-27)15-26-22(23-6-3)24-13-11-19-16-25-21-18(5-2)9-7-10-20(19)21/h7,9-10,16-17,25,27H,4-6,8,11-15H2,1-3H3,(H2,23,24,26). The fourth-order valence-electron chi connectivity index (χ4n) is 3.57. The van der Waals surface area contributed by atoms with Crippen LogP contribution >= 0.6 is 0 Å². The maximum absolute atomic E-state index is 9.22. The third-order valence-corrected chi connectivity index (χ3v) is 5.04. The number of aromatic amines is 1. The number of aliphatic hydroxyl groups is 1. The summed E-state index contributed by atoms with van der Waals surface area (Å²) in [7, 11) is 0. The molecule has 0 fully saturated rings. The number of aryl methyl sites for hydroxylation is 1. The van der Waals surface area contributed by atoms with E-state index >= 15 is 0 Å². The van der Waals surface area contributed by atoms with E-state index in [2.05, 4.69) is 60.8 Å². The number of fused-ring (bicyclic) bond motifs is 1. The molecule has 2 rings (SSSR count). The van der Waals surface area contributed by atoms with E-state index in [0.717, 1.165) is 57.7 Å². The molecule has 2 aromatic rings. The molecule has 0 aliphatic heterocycles. The molecule has 0 saturated carbocycles. The van der Waals surface area contributed by atoms with Gasteiger partial charge >= 0.3 is 0 Å². The van der Waals surface area contributed by atoms with Crippen LogP contribution in [0.3, 0.4) is 0 Å². The number of aliphatic imine (C=N–C) groups is 1. The minimum absolute atomic E-state index is 0.241. The molecule has 0 aliphatic rings. The monoisotopic (exact) mass is 372 g/mol. The molecule has 150 valence electrons. The molecule has 1 atom stereocenters. The zero-order valence-corrected chi connectivity index (χ0v) is 17.1. The van der Waals surface area contributed by atoms with Crippen molar-refractivity contribution in [3.63, 3.8) is 0 Å². The Hall–Kier alpha value is -2.01. The Kier molecular flexibility index (Phi) is 9.19. The lowest BCUT2D eigenvalue weighted by Crippen LogP contribution is -2.38. The average molecular weight is 373 g/mol. The van der Waals surface area contributed by atoms with E-state index in [1.807, 2.05) is 0 Å². The van der Waals surface area contributed by atoms with Crippen molar-refractivity contribution in [3.8, 4) is 0 Å². The predicted molar refractivity (Wildman–Crippen MR) is 115 cm³/mol. The zero-order chi connectivity index (χ0) is 19.5. The largest absolute Gasteiger partial charge is 0.396 e. The number of hydrogen-bond donors (Lipinski definition) is 4. The average Bonchev–Trinajstić information content (AvgIpc) is 3.09. The van der Waals surface area contributed by atoms with Gasteiger partial charge in [-0.15, -0.1) is 0 Å². The molecular weight excluding hydrogens is 336 g/mol. The van der Waals surface area contributed by atoms with Crippen LogP contribution in [0.1, 0.15) is 51.2 Å². The van der Waals surface area contributed by atoms with E-state index in [9.17, 15) is 5.11 Å². The van der Waals surface area contributed by atoms with E-state index < -0.39 is 0 Å². The summed E-state index contributed by atoms with van der Waals surface area (Å²) in [5.74, 6) is 1.32. The van der Waals surface area contributed by atoms with E-state index in [0.29, 0.717) is 5.92 Å². The van der Waals surface area contributed by atoms with Gasteiger partial charge in [0.1, 0.15) is 0 Å². The number of aliphatic hydroxyl groups excluding tert-OH is 1. The number of benzene rings is 1. The van der Waals surface area contributed by atoms with Gasteiger partial charge in [-0.2, -0.15) is 0 Å². The Balaban J connectivity index is 1.95. The number of nitrogens with zero attached hydrogens (tertiary/aromatic N) is 1. The SMILES string of the molecule is CCCC(CCO)CN=C(NCC)NCCc1c[nH]c2c(CC)cccc12. The van der Waals surface area contributed by atoms with Gasteiger partial charge in [0.05, 0.1) is 0 Å². The summed E-state index contributed by atoms with van der Waals surface area (Å²) in [6, 6.07) is 6.53. The highest BCUT2D eigenvalue weighted by Crippen LogP contribution is 2.22. The third kappa shape index (κ3) is 6.28. The number of nitrogens with one attached hydrogen (secondary N) is 3. The zero-order valence-electron chi connectivity index (χ0n) is 17.1. The first kappa shape index (κ1) is 21.3. The number of H-pyrrole nitrogens is 1. The van der Waals surface area contributed by atoms with Crippen molar-refractivity contribution in [1.29, 1.82) is 0 Å². The number of aromatic nitrogens is 1. The van der Waals surface area contributed by atoms with Gasteiger partial charge in [-0.05, 0) is 49.7 Å². The maximum atomic E-state index is 9.22. The van der Waals surface area contributed by atoms with Crippen molar-refractivity contribution in [2.45, 2.75) is 52.9 Å². The van der Waals surface area contributed by atoms with Crippen molar-refractivity contribution < 1.29 is 5.11 Å². The lowest BCUT2D eigenvalue weighted by Gasteiger charge is -2.15. The van der Waals surface area contributed by atoms with Crippen molar-refractivity contribution in [3.05, 3.63) is 35.5 Å². The second kappa shape index (κ2) is 11.7. The van der Waals surface area contributed by atoms with Gasteiger partial charge in [-0.3, -0.25) is 4.99 Å². The summed E-state index contributed by atoms with van der Waals surface area (Å²) in [4.78, 5) is 8.18. The van der Waals surface area contributed by atoms with Crippen LogP contribution in [0.25, 0.3) is 10.9 Å². The highest BCUT2D eigenvalue weighted by Gasteiger charge is 2.09. The summed E-state index contributed by atoms with van der Waals surface area (Å²) in [6.07, 6.45) is 7.19. The van der Waals surface area contributed by atoms with Crippen LogP contribution in [0.5, 0.6) is 0 Å². The molecule has 5 heteroatoms. The van der Waals surface area contributed by atoms with Crippen LogP contribution in [0, 0.1) is 5.92 Å². The van der Waals surface area contributed by atoms with Crippen molar-refractivity contribution >= 4 is 16.9 Å². The summed E-state index contributed by atoms with van der Waals surface area (Å²) < 4.78 is 0. The van der Waals surface area contributed by atoms with E-state index in [4.69, 9.17) is 4.99 Å². The van der Waals surface area contributed by atoms with Crippen LogP contribution in [0.15, 0.2) is 29.4 Å². The molecular formula is C22H36N4O. The fourth-order valence-corrected chi connectivity index (χ4v) is 3.57. The Morgan fingerprint density at radius 3 is 2.70 bits per heavy atom. The molecule has 1 unspecified atom stereocenters. The first-order valence-electron chi connectivity index (χ1n) is 10.4. The van der Waals surface area contributed by atoms with E-state index in [1.165, 1.54) is 22.0 Å². The van der Waals surface area contributed by atoms with Gasteiger partial charge in [0.15, 0.2) is 5.96 Å². The highest BCUT2D eigenvalue weighted by atomic mass is 16.3. The van der Waals surface area contributed by atoms with E-state index in [1.54, 1.807) is 0 Å². The van der Waals surface area contributed by atoms with Gasteiger partial charge in [0.25, 0.3) is 0 Å². The molecule has 0 bridgehead atoms. The smallest absolute Gasteiger partial charge is 0.191 e. The lowest BCUT2D eigenvalue weighted by molar-refractivity contribution is 0.253. The molecule has 0 saturated heterocycles. The summed E-state index contributed by atoms with van der Waals surface area (Å²) in [6.45, 7) is 9.15. The van der Waals surface area contributed by atoms with Gasteiger partial charge in [0, 0.05) is 43.3 Å². The predicted octanol–water partition coefficient (Wildman–Crippen LogP) is 3.63. The van der Waals surface area contributed by atoms with Gasteiger partial charge in [-0.1, -0.05) is 38.5 Å². The van der Waals surface area contributed by atoms with Crippen LogP contribution in [0.4, 0.5) is 0 Å².